The summed E-state index contributed by atoms with van der Waals surface area (Å²) in [7, 11) is 0. The Kier molecular flexibility index (Phi) is 3.45. The SMILES string of the molecule is CC1(C)c2cc(S)ccc2-c2cc(Br)c(Br)c(Br)c21. The fraction of sp³-hybridized carbons (Fsp3) is 0.200. The van der Waals surface area contributed by atoms with Crippen LogP contribution >= 0.6 is 60.4 Å². The number of halogens is 3. The molecule has 4 heteroatoms. The van der Waals surface area contributed by atoms with Gasteiger partial charge in [0.2, 0.25) is 0 Å². The van der Waals surface area contributed by atoms with E-state index in [4.69, 9.17) is 0 Å². The topological polar surface area (TPSA) is 0 Å². The third-order valence-electron chi connectivity index (χ3n) is 3.75. The van der Waals surface area contributed by atoms with Gasteiger partial charge in [0, 0.05) is 23.7 Å². The number of benzene rings is 2. The van der Waals surface area contributed by atoms with E-state index < -0.39 is 0 Å². The third-order valence-corrected chi connectivity index (χ3v) is 7.34. The Bertz CT molecular complexity index is 705. The van der Waals surface area contributed by atoms with Crippen molar-refractivity contribution in [3.05, 3.63) is 48.8 Å². The fourth-order valence-corrected chi connectivity index (χ4v) is 4.97. The van der Waals surface area contributed by atoms with Crippen LogP contribution < -0.4 is 0 Å². The van der Waals surface area contributed by atoms with Crippen molar-refractivity contribution in [1.82, 2.24) is 0 Å². The minimum atomic E-state index is -0.0224. The molecule has 0 atom stereocenters. The highest BCUT2D eigenvalue weighted by molar-refractivity contribution is 9.14. The lowest BCUT2D eigenvalue weighted by Gasteiger charge is -2.23. The molecular formula is C15H11Br3S. The van der Waals surface area contributed by atoms with Gasteiger partial charge in [-0.05, 0) is 88.2 Å². The monoisotopic (exact) mass is 460 g/mol. The van der Waals surface area contributed by atoms with Gasteiger partial charge in [0.1, 0.15) is 0 Å². The third kappa shape index (κ3) is 1.98. The molecule has 0 spiro atoms. The molecule has 0 heterocycles. The molecule has 0 radical (unpaired) electrons. The molecule has 0 amide bonds. The Balaban J connectivity index is 2.44. The van der Waals surface area contributed by atoms with Gasteiger partial charge >= 0.3 is 0 Å². The van der Waals surface area contributed by atoms with Crippen molar-refractivity contribution >= 4 is 60.4 Å². The minimum Gasteiger partial charge on any atom is -0.143 e. The highest BCUT2D eigenvalue weighted by atomic mass is 79.9. The predicted octanol–water partition coefficient (Wildman–Crippen LogP) is 6.57. The Morgan fingerprint density at radius 3 is 2.32 bits per heavy atom. The Hall–Kier alpha value is 0.230. The second-order valence-corrected chi connectivity index (χ2v) is 8.22. The van der Waals surface area contributed by atoms with Crippen molar-refractivity contribution in [1.29, 1.82) is 0 Å². The van der Waals surface area contributed by atoms with Crippen LogP contribution in [-0.2, 0) is 5.41 Å². The van der Waals surface area contributed by atoms with Crippen molar-refractivity contribution < 1.29 is 0 Å². The zero-order valence-electron chi connectivity index (χ0n) is 10.4. The molecule has 0 unspecified atom stereocenters. The van der Waals surface area contributed by atoms with Crippen molar-refractivity contribution in [2.45, 2.75) is 24.2 Å². The highest BCUT2D eigenvalue weighted by Gasteiger charge is 2.38. The molecule has 0 saturated carbocycles. The van der Waals surface area contributed by atoms with Crippen molar-refractivity contribution in [3.8, 4) is 11.1 Å². The van der Waals surface area contributed by atoms with Gasteiger partial charge in [-0.25, -0.2) is 0 Å². The van der Waals surface area contributed by atoms with E-state index in [1.54, 1.807) is 0 Å². The summed E-state index contributed by atoms with van der Waals surface area (Å²) >= 11 is 15.5. The molecule has 0 nitrogen and oxygen atoms in total. The fourth-order valence-electron chi connectivity index (χ4n) is 2.84. The molecule has 19 heavy (non-hydrogen) atoms. The van der Waals surface area contributed by atoms with Gasteiger partial charge in [-0.2, -0.15) is 0 Å². The molecule has 1 aliphatic carbocycles. The molecular weight excluding hydrogens is 452 g/mol. The van der Waals surface area contributed by atoms with Crippen LogP contribution in [0.25, 0.3) is 11.1 Å². The predicted molar refractivity (Wildman–Crippen MR) is 94.4 cm³/mol. The molecule has 0 bridgehead atoms. The highest BCUT2D eigenvalue weighted by Crippen LogP contribution is 2.54. The van der Waals surface area contributed by atoms with Gasteiger partial charge in [-0.15, -0.1) is 12.6 Å². The molecule has 2 aromatic carbocycles. The summed E-state index contributed by atoms with van der Waals surface area (Å²) in [5, 5.41) is 0. The second-order valence-electron chi connectivity index (χ2n) is 5.26. The Morgan fingerprint density at radius 2 is 1.63 bits per heavy atom. The maximum Gasteiger partial charge on any atom is 0.0463 e. The van der Waals surface area contributed by atoms with Crippen molar-refractivity contribution in [2.24, 2.45) is 0 Å². The maximum absolute atomic E-state index is 4.48. The lowest BCUT2D eigenvalue weighted by Crippen LogP contribution is -2.16. The summed E-state index contributed by atoms with van der Waals surface area (Å²) in [5.74, 6) is 0. The smallest absolute Gasteiger partial charge is 0.0463 e. The van der Waals surface area contributed by atoms with Crippen LogP contribution in [-0.4, -0.2) is 0 Å². The van der Waals surface area contributed by atoms with Crippen LogP contribution in [0.15, 0.2) is 42.6 Å². The van der Waals surface area contributed by atoms with Gasteiger partial charge in [0.15, 0.2) is 0 Å². The molecule has 0 aromatic heterocycles. The van der Waals surface area contributed by atoms with Crippen molar-refractivity contribution in [2.75, 3.05) is 0 Å². The number of rotatable bonds is 0. The second kappa shape index (κ2) is 4.62. The van der Waals surface area contributed by atoms with E-state index in [0.717, 1.165) is 18.3 Å². The largest absolute Gasteiger partial charge is 0.143 e. The van der Waals surface area contributed by atoms with E-state index in [1.165, 1.54) is 22.3 Å². The lowest BCUT2D eigenvalue weighted by molar-refractivity contribution is 0.654. The van der Waals surface area contributed by atoms with E-state index in [2.05, 4.69) is 98.5 Å². The van der Waals surface area contributed by atoms with Crippen LogP contribution in [0, 0.1) is 0 Å². The molecule has 3 rings (SSSR count). The number of thiol groups is 1. The molecule has 0 N–H and O–H groups in total. The molecule has 0 fully saturated rings. The minimum absolute atomic E-state index is 0.0224. The van der Waals surface area contributed by atoms with Crippen LogP contribution in [0.4, 0.5) is 0 Å². The van der Waals surface area contributed by atoms with Gasteiger partial charge in [-0.3, -0.25) is 0 Å². The zero-order chi connectivity index (χ0) is 13.9. The molecule has 1 aliphatic rings. The molecule has 98 valence electrons. The first kappa shape index (κ1) is 14.2. The number of hydrogen-bond acceptors (Lipinski definition) is 1. The summed E-state index contributed by atoms with van der Waals surface area (Å²) in [4.78, 5) is 1.01. The van der Waals surface area contributed by atoms with Crippen LogP contribution in [0.5, 0.6) is 0 Å². The number of hydrogen-bond donors (Lipinski definition) is 1. The number of fused-ring (bicyclic) bond motifs is 3. The van der Waals surface area contributed by atoms with Crippen molar-refractivity contribution in [3.63, 3.8) is 0 Å². The summed E-state index contributed by atoms with van der Waals surface area (Å²) in [6.45, 7) is 4.52. The Morgan fingerprint density at radius 1 is 0.947 bits per heavy atom. The van der Waals surface area contributed by atoms with Crippen LogP contribution in [0.2, 0.25) is 0 Å². The first-order valence-electron chi connectivity index (χ1n) is 5.86. The van der Waals surface area contributed by atoms with Gasteiger partial charge in [-0.1, -0.05) is 19.9 Å². The molecule has 0 saturated heterocycles. The zero-order valence-corrected chi connectivity index (χ0v) is 16.0. The Labute approximate surface area is 143 Å². The summed E-state index contributed by atoms with van der Waals surface area (Å²) in [6.07, 6.45) is 0. The van der Waals surface area contributed by atoms with Crippen LogP contribution in [0.3, 0.4) is 0 Å². The van der Waals surface area contributed by atoms with E-state index >= 15 is 0 Å². The standard InChI is InChI=1S/C15H11Br3S/c1-15(2)10-5-7(19)3-4-8(10)9-6-11(16)13(17)14(18)12(9)15/h3-6,19H,1-2H3. The first-order chi connectivity index (χ1) is 8.84. The van der Waals surface area contributed by atoms with Gasteiger partial charge in [0.25, 0.3) is 0 Å². The molecule has 0 aliphatic heterocycles. The average Bonchev–Trinajstić information content (AvgIpc) is 2.55. The lowest BCUT2D eigenvalue weighted by atomic mass is 9.82. The quantitative estimate of drug-likeness (QED) is 0.332. The summed E-state index contributed by atoms with van der Waals surface area (Å²) in [5.41, 5.74) is 5.23. The van der Waals surface area contributed by atoms with E-state index in [1.807, 2.05) is 0 Å². The summed E-state index contributed by atoms with van der Waals surface area (Å²) in [6, 6.07) is 8.58. The van der Waals surface area contributed by atoms with E-state index in [9.17, 15) is 0 Å². The summed E-state index contributed by atoms with van der Waals surface area (Å²) < 4.78 is 3.26. The first-order valence-corrected chi connectivity index (χ1v) is 8.68. The van der Waals surface area contributed by atoms with E-state index in [-0.39, 0.29) is 5.41 Å². The average molecular weight is 463 g/mol. The van der Waals surface area contributed by atoms with Crippen LogP contribution in [0.1, 0.15) is 25.0 Å². The normalized spacial score (nSPS) is 15.3. The van der Waals surface area contributed by atoms with Gasteiger partial charge in [0.05, 0.1) is 0 Å². The molecule has 2 aromatic rings. The van der Waals surface area contributed by atoms with Gasteiger partial charge < -0.3 is 0 Å². The van der Waals surface area contributed by atoms with E-state index in [0.29, 0.717) is 0 Å². The maximum atomic E-state index is 4.48.